The van der Waals surface area contributed by atoms with E-state index in [1.807, 2.05) is 27.7 Å². The predicted octanol–water partition coefficient (Wildman–Crippen LogP) is 5.52. The van der Waals surface area contributed by atoms with Crippen LogP contribution in [0, 0.1) is 17.8 Å². The Hall–Kier alpha value is 0. The fourth-order valence-electron chi connectivity index (χ4n) is 2.33. The third kappa shape index (κ3) is 6.45. The van der Waals surface area contributed by atoms with E-state index < -0.39 is 0 Å². The number of hydrogen-bond donors (Lipinski definition) is 0. The molecule has 3 unspecified atom stereocenters. The molecule has 0 N–H and O–H groups in total. The molecule has 0 aromatic heterocycles. The Bertz CT molecular complexity index is 96.2. The molecule has 0 nitrogen and oxygen atoms in total. The molecular formula is C14H32. The van der Waals surface area contributed by atoms with Crippen LogP contribution in [0.1, 0.15) is 74.1 Å². The lowest BCUT2D eigenvalue weighted by molar-refractivity contribution is 0.200. The molecule has 0 radical (unpaired) electrons. The Kier molecular flexibility index (Phi) is 13.0. The van der Waals surface area contributed by atoms with Crippen molar-refractivity contribution in [2.45, 2.75) is 74.1 Å². The van der Waals surface area contributed by atoms with Crippen LogP contribution in [-0.4, -0.2) is 0 Å². The third-order valence-corrected chi connectivity index (χ3v) is 3.13. The molecule has 0 aliphatic heterocycles. The predicted molar refractivity (Wildman–Crippen MR) is 68.7 cm³/mol. The molecule has 0 heterocycles. The molecule has 0 aromatic rings. The van der Waals surface area contributed by atoms with Crippen LogP contribution in [0.3, 0.4) is 0 Å². The first kappa shape index (κ1) is 16.4. The molecule has 3 atom stereocenters. The zero-order chi connectivity index (χ0) is 11.6. The summed E-state index contributed by atoms with van der Waals surface area (Å²) in [5.41, 5.74) is 0. The highest BCUT2D eigenvalue weighted by atomic mass is 14.3. The molecule has 0 spiro atoms. The van der Waals surface area contributed by atoms with Gasteiger partial charge in [-0.1, -0.05) is 61.3 Å². The molecule has 1 aliphatic carbocycles. The van der Waals surface area contributed by atoms with Crippen molar-refractivity contribution >= 4 is 0 Å². The first-order valence-corrected chi connectivity index (χ1v) is 6.74. The lowest BCUT2D eigenvalue weighted by Gasteiger charge is -2.31. The van der Waals surface area contributed by atoms with Gasteiger partial charge in [-0.15, -0.1) is 0 Å². The van der Waals surface area contributed by atoms with Crippen molar-refractivity contribution < 1.29 is 0 Å². The smallest absolute Gasteiger partial charge is 0.0391 e. The van der Waals surface area contributed by atoms with Crippen LogP contribution >= 0.6 is 0 Å². The van der Waals surface area contributed by atoms with E-state index in [4.69, 9.17) is 0 Å². The fourth-order valence-corrected chi connectivity index (χ4v) is 2.33. The van der Waals surface area contributed by atoms with E-state index >= 15 is 0 Å². The highest BCUT2D eigenvalue weighted by Crippen LogP contribution is 2.34. The molecule has 1 saturated carbocycles. The maximum atomic E-state index is 2.42. The topological polar surface area (TPSA) is 0 Å². The fraction of sp³-hybridized carbons (Fsp3) is 1.00. The van der Waals surface area contributed by atoms with Crippen molar-refractivity contribution in [1.29, 1.82) is 0 Å². The van der Waals surface area contributed by atoms with Crippen LogP contribution in [0.5, 0.6) is 0 Å². The average molecular weight is 200 g/mol. The van der Waals surface area contributed by atoms with Crippen molar-refractivity contribution in [3.63, 3.8) is 0 Å². The van der Waals surface area contributed by atoms with E-state index in [2.05, 4.69) is 20.8 Å². The minimum atomic E-state index is 0.994. The lowest BCUT2D eigenvalue weighted by Crippen LogP contribution is -2.20. The molecule has 14 heavy (non-hydrogen) atoms. The van der Waals surface area contributed by atoms with E-state index in [-0.39, 0.29) is 0 Å². The minimum absolute atomic E-state index is 0.994. The second-order valence-electron chi connectivity index (χ2n) is 4.06. The number of rotatable bonds is 1. The van der Waals surface area contributed by atoms with Crippen LogP contribution < -0.4 is 0 Å². The monoisotopic (exact) mass is 200 g/mol. The van der Waals surface area contributed by atoms with E-state index in [1.54, 1.807) is 0 Å². The standard InChI is InChI=1S/C10H20.2C2H6/c1-4-10-6-5-8(2)7-9(10)3;2*1-2/h8-10H,4-7H2,1-3H3;2*1-2H3. The molecule has 0 saturated heterocycles. The van der Waals surface area contributed by atoms with Crippen LogP contribution in [0.2, 0.25) is 0 Å². The van der Waals surface area contributed by atoms with Gasteiger partial charge in [0.1, 0.15) is 0 Å². The molecule has 1 fully saturated rings. The van der Waals surface area contributed by atoms with Crippen molar-refractivity contribution in [2.75, 3.05) is 0 Å². The second kappa shape index (κ2) is 11.1. The summed E-state index contributed by atoms with van der Waals surface area (Å²) in [5.74, 6) is 3.03. The first-order chi connectivity index (χ1) is 6.74. The molecule has 0 bridgehead atoms. The summed E-state index contributed by atoms with van der Waals surface area (Å²) in [6.07, 6.45) is 5.83. The summed E-state index contributed by atoms with van der Waals surface area (Å²) < 4.78 is 0. The molecule has 0 heteroatoms. The highest BCUT2D eigenvalue weighted by Gasteiger charge is 2.23. The summed E-state index contributed by atoms with van der Waals surface area (Å²) in [6.45, 7) is 15.1. The Balaban J connectivity index is 0. The quantitative estimate of drug-likeness (QED) is 0.523. The van der Waals surface area contributed by atoms with E-state index in [0.717, 1.165) is 17.8 Å². The highest BCUT2D eigenvalue weighted by molar-refractivity contribution is 4.74. The molecule has 0 amide bonds. The van der Waals surface area contributed by atoms with Gasteiger partial charge in [0.15, 0.2) is 0 Å². The average Bonchev–Trinajstić information content (AvgIpc) is 2.24. The molecule has 1 aliphatic rings. The van der Waals surface area contributed by atoms with Gasteiger partial charge in [0.2, 0.25) is 0 Å². The van der Waals surface area contributed by atoms with Gasteiger partial charge in [0, 0.05) is 0 Å². The van der Waals surface area contributed by atoms with Crippen LogP contribution in [0.4, 0.5) is 0 Å². The van der Waals surface area contributed by atoms with Crippen molar-refractivity contribution in [2.24, 2.45) is 17.8 Å². The SMILES string of the molecule is CC.CC.CCC1CCC(C)CC1C. The Morgan fingerprint density at radius 1 is 0.929 bits per heavy atom. The summed E-state index contributed by atoms with van der Waals surface area (Å²) in [5, 5.41) is 0. The molecule has 88 valence electrons. The third-order valence-electron chi connectivity index (χ3n) is 3.13. The van der Waals surface area contributed by atoms with Gasteiger partial charge in [-0.2, -0.15) is 0 Å². The maximum absolute atomic E-state index is 2.42. The van der Waals surface area contributed by atoms with E-state index in [0.29, 0.717) is 0 Å². The normalized spacial score (nSPS) is 30.6. The summed E-state index contributed by atoms with van der Waals surface area (Å²) in [6, 6.07) is 0. The van der Waals surface area contributed by atoms with Crippen LogP contribution in [0.15, 0.2) is 0 Å². The van der Waals surface area contributed by atoms with Gasteiger partial charge in [0.05, 0.1) is 0 Å². The largest absolute Gasteiger partial charge is 0.0683 e. The molecular weight excluding hydrogens is 168 g/mol. The maximum Gasteiger partial charge on any atom is -0.0391 e. The Morgan fingerprint density at radius 2 is 1.43 bits per heavy atom. The zero-order valence-electron chi connectivity index (χ0n) is 11.6. The zero-order valence-corrected chi connectivity index (χ0v) is 11.6. The van der Waals surface area contributed by atoms with Crippen molar-refractivity contribution in [3.8, 4) is 0 Å². The van der Waals surface area contributed by atoms with Gasteiger partial charge < -0.3 is 0 Å². The Labute approximate surface area is 92.5 Å². The van der Waals surface area contributed by atoms with E-state index in [1.165, 1.54) is 25.7 Å². The van der Waals surface area contributed by atoms with Crippen molar-refractivity contribution in [3.05, 3.63) is 0 Å². The van der Waals surface area contributed by atoms with Gasteiger partial charge in [0.25, 0.3) is 0 Å². The first-order valence-electron chi connectivity index (χ1n) is 6.74. The van der Waals surface area contributed by atoms with Crippen LogP contribution in [0.25, 0.3) is 0 Å². The minimum Gasteiger partial charge on any atom is -0.0683 e. The van der Waals surface area contributed by atoms with Gasteiger partial charge in [-0.25, -0.2) is 0 Å². The summed E-state index contributed by atoms with van der Waals surface area (Å²) in [7, 11) is 0. The van der Waals surface area contributed by atoms with Gasteiger partial charge in [-0.05, 0) is 30.6 Å². The summed E-state index contributed by atoms with van der Waals surface area (Å²) >= 11 is 0. The second-order valence-corrected chi connectivity index (χ2v) is 4.06. The molecule has 0 aromatic carbocycles. The lowest BCUT2D eigenvalue weighted by atomic mass is 9.75. The number of hydrogen-bond acceptors (Lipinski definition) is 0. The van der Waals surface area contributed by atoms with Crippen molar-refractivity contribution in [1.82, 2.24) is 0 Å². The van der Waals surface area contributed by atoms with Gasteiger partial charge in [-0.3, -0.25) is 0 Å². The van der Waals surface area contributed by atoms with Crippen LogP contribution in [-0.2, 0) is 0 Å². The van der Waals surface area contributed by atoms with Gasteiger partial charge >= 0.3 is 0 Å². The molecule has 1 rings (SSSR count). The summed E-state index contributed by atoms with van der Waals surface area (Å²) in [4.78, 5) is 0. The Morgan fingerprint density at radius 3 is 1.79 bits per heavy atom. The van der Waals surface area contributed by atoms with E-state index in [9.17, 15) is 0 Å².